The SMILES string of the molecule is Cc1cc(C2CCCNC2)oc(=O)c1C(=O)Nc1ccc(F)cn1. The van der Waals surface area contributed by atoms with Crippen LogP contribution in [0, 0.1) is 12.7 Å². The van der Waals surface area contributed by atoms with Crippen LogP contribution in [0.1, 0.15) is 40.4 Å². The number of anilines is 1. The molecule has 1 fully saturated rings. The highest BCUT2D eigenvalue weighted by Gasteiger charge is 2.22. The number of piperidine rings is 1. The molecule has 126 valence electrons. The smallest absolute Gasteiger partial charge is 0.349 e. The predicted octanol–water partition coefficient (Wildman–Crippen LogP) is 2.20. The molecule has 2 N–H and O–H groups in total. The summed E-state index contributed by atoms with van der Waals surface area (Å²) in [6.07, 6.45) is 2.95. The van der Waals surface area contributed by atoms with Crippen molar-refractivity contribution in [2.45, 2.75) is 25.7 Å². The number of pyridine rings is 1. The average molecular weight is 331 g/mol. The van der Waals surface area contributed by atoms with Gasteiger partial charge in [0.25, 0.3) is 5.91 Å². The van der Waals surface area contributed by atoms with E-state index in [1.54, 1.807) is 13.0 Å². The van der Waals surface area contributed by atoms with Gasteiger partial charge in [0.05, 0.1) is 6.20 Å². The summed E-state index contributed by atoms with van der Waals surface area (Å²) < 4.78 is 18.2. The monoisotopic (exact) mass is 331 g/mol. The first-order valence-electron chi connectivity index (χ1n) is 7.83. The van der Waals surface area contributed by atoms with Gasteiger partial charge in [0.2, 0.25) is 0 Å². The van der Waals surface area contributed by atoms with Crippen LogP contribution in [0.15, 0.2) is 33.6 Å². The van der Waals surface area contributed by atoms with Gasteiger partial charge in [-0.3, -0.25) is 4.79 Å². The molecule has 0 aromatic carbocycles. The van der Waals surface area contributed by atoms with E-state index in [1.807, 2.05) is 0 Å². The first kappa shape index (κ1) is 16.3. The molecule has 0 aliphatic carbocycles. The third-order valence-corrected chi connectivity index (χ3v) is 4.06. The van der Waals surface area contributed by atoms with Crippen LogP contribution in [0.4, 0.5) is 10.2 Å². The minimum atomic E-state index is -0.671. The van der Waals surface area contributed by atoms with Crippen molar-refractivity contribution in [3.05, 3.63) is 57.5 Å². The van der Waals surface area contributed by atoms with Crippen LogP contribution in [0.2, 0.25) is 0 Å². The van der Waals surface area contributed by atoms with Gasteiger partial charge in [-0.1, -0.05) is 0 Å². The number of aromatic nitrogens is 1. The molecule has 3 rings (SSSR count). The van der Waals surface area contributed by atoms with Crippen molar-refractivity contribution in [3.63, 3.8) is 0 Å². The third kappa shape index (κ3) is 3.51. The lowest BCUT2D eigenvalue weighted by Crippen LogP contribution is -2.30. The second-order valence-electron chi connectivity index (χ2n) is 5.85. The fraction of sp³-hybridized carbons (Fsp3) is 0.353. The fourth-order valence-electron chi connectivity index (χ4n) is 2.83. The largest absolute Gasteiger partial charge is 0.427 e. The van der Waals surface area contributed by atoms with Crippen molar-refractivity contribution in [2.24, 2.45) is 0 Å². The summed E-state index contributed by atoms with van der Waals surface area (Å²) in [6, 6.07) is 4.25. The molecule has 1 atom stereocenters. The zero-order valence-electron chi connectivity index (χ0n) is 13.3. The van der Waals surface area contributed by atoms with Crippen molar-refractivity contribution >= 4 is 11.7 Å². The van der Waals surface area contributed by atoms with E-state index in [2.05, 4.69) is 15.6 Å². The molecule has 1 saturated heterocycles. The summed E-state index contributed by atoms with van der Waals surface area (Å²) >= 11 is 0. The van der Waals surface area contributed by atoms with E-state index in [0.29, 0.717) is 11.3 Å². The molecule has 0 saturated carbocycles. The van der Waals surface area contributed by atoms with Gasteiger partial charge in [0, 0.05) is 12.5 Å². The summed E-state index contributed by atoms with van der Waals surface area (Å²) in [5.41, 5.74) is -0.185. The van der Waals surface area contributed by atoms with Crippen LogP contribution < -0.4 is 16.3 Å². The van der Waals surface area contributed by atoms with E-state index in [0.717, 1.165) is 32.1 Å². The van der Waals surface area contributed by atoms with Crippen molar-refractivity contribution < 1.29 is 13.6 Å². The van der Waals surface area contributed by atoms with Gasteiger partial charge in [-0.15, -0.1) is 0 Å². The number of amides is 1. The minimum Gasteiger partial charge on any atom is -0.427 e. The summed E-state index contributed by atoms with van der Waals surface area (Å²) in [7, 11) is 0. The number of carbonyl (C=O) groups is 1. The van der Waals surface area contributed by atoms with Gasteiger partial charge in [0.15, 0.2) is 0 Å². The lowest BCUT2D eigenvalue weighted by atomic mass is 9.95. The van der Waals surface area contributed by atoms with Crippen LogP contribution in [-0.2, 0) is 0 Å². The summed E-state index contributed by atoms with van der Waals surface area (Å²) in [6.45, 7) is 3.42. The molecule has 0 spiro atoms. The standard InChI is InChI=1S/C17H18FN3O3/c1-10-7-13(11-3-2-6-19-8-11)24-17(23)15(10)16(22)21-14-5-4-12(18)9-20-14/h4-5,7,9,11,19H,2-3,6,8H2,1H3,(H,20,21,22). The number of hydrogen-bond acceptors (Lipinski definition) is 5. The molecule has 1 amide bonds. The van der Waals surface area contributed by atoms with Crippen molar-refractivity contribution in [1.29, 1.82) is 0 Å². The van der Waals surface area contributed by atoms with E-state index >= 15 is 0 Å². The van der Waals surface area contributed by atoms with Crippen LogP contribution in [-0.4, -0.2) is 24.0 Å². The highest BCUT2D eigenvalue weighted by atomic mass is 19.1. The number of halogens is 1. The van der Waals surface area contributed by atoms with Crippen LogP contribution in [0.5, 0.6) is 0 Å². The molecule has 0 bridgehead atoms. The Labute approximate surface area is 138 Å². The van der Waals surface area contributed by atoms with Crippen LogP contribution in [0.25, 0.3) is 0 Å². The fourth-order valence-corrected chi connectivity index (χ4v) is 2.83. The predicted molar refractivity (Wildman–Crippen MR) is 86.7 cm³/mol. The zero-order valence-corrected chi connectivity index (χ0v) is 13.3. The lowest BCUT2D eigenvalue weighted by molar-refractivity contribution is 0.102. The molecule has 6 nitrogen and oxygen atoms in total. The van der Waals surface area contributed by atoms with Crippen LogP contribution in [0.3, 0.4) is 0 Å². The summed E-state index contributed by atoms with van der Waals surface area (Å²) in [5, 5.41) is 5.74. The van der Waals surface area contributed by atoms with E-state index in [4.69, 9.17) is 4.42 Å². The Balaban J connectivity index is 1.83. The molecular formula is C17H18FN3O3. The van der Waals surface area contributed by atoms with Gasteiger partial charge in [-0.05, 0) is 50.1 Å². The van der Waals surface area contributed by atoms with Gasteiger partial charge in [-0.2, -0.15) is 0 Å². The normalized spacial score (nSPS) is 17.5. The summed E-state index contributed by atoms with van der Waals surface area (Å²) in [4.78, 5) is 28.3. The first-order chi connectivity index (χ1) is 11.5. The molecule has 0 radical (unpaired) electrons. The number of hydrogen-bond donors (Lipinski definition) is 2. The second-order valence-corrected chi connectivity index (χ2v) is 5.85. The van der Waals surface area contributed by atoms with E-state index in [9.17, 15) is 14.0 Å². The Hall–Kier alpha value is -2.54. The van der Waals surface area contributed by atoms with Crippen molar-refractivity contribution in [1.82, 2.24) is 10.3 Å². The number of nitrogens with zero attached hydrogens (tertiary/aromatic N) is 1. The van der Waals surface area contributed by atoms with Crippen LogP contribution >= 0.6 is 0 Å². The number of aryl methyl sites for hydroxylation is 1. The number of nitrogens with one attached hydrogen (secondary N) is 2. The maximum Gasteiger partial charge on any atom is 0.349 e. The molecule has 24 heavy (non-hydrogen) atoms. The molecule has 3 heterocycles. The Morgan fingerprint density at radius 2 is 2.29 bits per heavy atom. The molecule has 2 aromatic rings. The Morgan fingerprint density at radius 3 is 2.92 bits per heavy atom. The molecule has 7 heteroatoms. The topological polar surface area (TPSA) is 84.2 Å². The molecule has 1 aliphatic heterocycles. The van der Waals surface area contributed by atoms with Crippen molar-refractivity contribution in [2.75, 3.05) is 18.4 Å². The zero-order chi connectivity index (χ0) is 17.1. The third-order valence-electron chi connectivity index (χ3n) is 4.06. The molecular weight excluding hydrogens is 313 g/mol. The lowest BCUT2D eigenvalue weighted by Gasteiger charge is -2.22. The maximum absolute atomic E-state index is 12.9. The van der Waals surface area contributed by atoms with E-state index in [1.165, 1.54) is 12.1 Å². The highest BCUT2D eigenvalue weighted by Crippen LogP contribution is 2.23. The van der Waals surface area contributed by atoms with Gasteiger partial charge < -0.3 is 15.1 Å². The van der Waals surface area contributed by atoms with Crippen molar-refractivity contribution in [3.8, 4) is 0 Å². The second kappa shape index (κ2) is 6.92. The quantitative estimate of drug-likeness (QED) is 0.901. The average Bonchev–Trinajstić information content (AvgIpc) is 2.57. The maximum atomic E-state index is 12.9. The molecule has 2 aromatic heterocycles. The summed E-state index contributed by atoms with van der Waals surface area (Å²) in [5.74, 6) is -0.217. The van der Waals surface area contributed by atoms with Gasteiger partial charge in [0.1, 0.15) is 23.0 Å². The number of rotatable bonds is 3. The number of carbonyl (C=O) groups excluding carboxylic acids is 1. The Kier molecular flexibility index (Phi) is 4.71. The molecule has 1 unspecified atom stereocenters. The minimum absolute atomic E-state index is 0.0614. The Morgan fingerprint density at radius 1 is 1.46 bits per heavy atom. The van der Waals surface area contributed by atoms with E-state index in [-0.39, 0.29) is 17.3 Å². The van der Waals surface area contributed by atoms with Gasteiger partial charge >= 0.3 is 5.63 Å². The Bertz CT molecular complexity index is 796. The molecule has 1 aliphatic rings. The highest BCUT2D eigenvalue weighted by molar-refractivity contribution is 6.04. The first-order valence-corrected chi connectivity index (χ1v) is 7.83. The van der Waals surface area contributed by atoms with E-state index < -0.39 is 17.3 Å². The van der Waals surface area contributed by atoms with Gasteiger partial charge in [-0.25, -0.2) is 14.2 Å².